The molecule has 2 aliphatic rings. The number of amides is 1. The number of thioether (sulfide) groups is 1. The van der Waals surface area contributed by atoms with Gasteiger partial charge in [0.25, 0.3) is 5.91 Å². The van der Waals surface area contributed by atoms with Crippen molar-refractivity contribution in [3.05, 3.63) is 41.6 Å². The lowest BCUT2D eigenvalue weighted by molar-refractivity contribution is 0.0410. The van der Waals surface area contributed by atoms with Gasteiger partial charge >= 0.3 is 0 Å². The van der Waals surface area contributed by atoms with E-state index in [0.717, 1.165) is 79.0 Å². The minimum absolute atomic E-state index is 0.0140. The highest BCUT2D eigenvalue weighted by Gasteiger charge is 2.25. The Morgan fingerprint density at radius 2 is 2.03 bits per heavy atom. The van der Waals surface area contributed by atoms with E-state index in [4.69, 9.17) is 9.84 Å². The largest absolute Gasteiger partial charge is 0.389 e. The molecular formula is C27H36N6O3S. The molecule has 1 saturated carbocycles. The molecule has 2 aromatic heterocycles. The normalized spacial score (nSPS) is 16.8. The van der Waals surface area contributed by atoms with E-state index in [0.29, 0.717) is 23.8 Å². The van der Waals surface area contributed by atoms with Gasteiger partial charge in [0.1, 0.15) is 5.03 Å². The molecule has 0 spiro atoms. The summed E-state index contributed by atoms with van der Waals surface area (Å²) < 4.78 is 7.32. The first-order valence-electron chi connectivity index (χ1n) is 13.0. The molecule has 0 atom stereocenters. The summed E-state index contributed by atoms with van der Waals surface area (Å²) in [6.45, 7) is 10.4. The van der Waals surface area contributed by atoms with Crippen LogP contribution >= 0.6 is 11.8 Å². The smallest absolute Gasteiger partial charge is 0.251 e. The lowest BCUT2D eigenvalue weighted by Crippen LogP contribution is -2.37. The Labute approximate surface area is 222 Å². The molecule has 37 heavy (non-hydrogen) atoms. The van der Waals surface area contributed by atoms with E-state index in [1.807, 2.05) is 41.9 Å². The van der Waals surface area contributed by atoms with Crippen LogP contribution in [0.4, 0.5) is 5.69 Å². The maximum absolute atomic E-state index is 12.6. The van der Waals surface area contributed by atoms with Crippen LogP contribution in [0.1, 0.15) is 42.6 Å². The number of hydrogen-bond donors (Lipinski definition) is 3. The van der Waals surface area contributed by atoms with Crippen molar-refractivity contribution in [1.82, 2.24) is 24.8 Å². The number of aliphatic hydroxyl groups is 1. The molecule has 5 rings (SSSR count). The Bertz CT molecular complexity index is 1260. The summed E-state index contributed by atoms with van der Waals surface area (Å²) in [6.07, 6.45) is 3.94. The molecule has 1 aromatic carbocycles. The molecule has 3 heterocycles. The summed E-state index contributed by atoms with van der Waals surface area (Å²) in [7, 11) is 0. The second-order valence-electron chi connectivity index (χ2n) is 10.5. The van der Waals surface area contributed by atoms with Gasteiger partial charge in [-0.1, -0.05) is 6.07 Å². The van der Waals surface area contributed by atoms with E-state index < -0.39 is 5.60 Å². The quantitative estimate of drug-likeness (QED) is 0.348. The van der Waals surface area contributed by atoms with Crippen molar-refractivity contribution < 1.29 is 14.6 Å². The average molecular weight is 525 g/mol. The molecule has 0 unspecified atom stereocenters. The molecule has 10 heteroatoms. The van der Waals surface area contributed by atoms with Crippen LogP contribution in [0.25, 0.3) is 16.9 Å². The number of imidazole rings is 1. The number of nitrogens with one attached hydrogen (secondary N) is 2. The van der Waals surface area contributed by atoms with E-state index in [-0.39, 0.29) is 5.91 Å². The van der Waals surface area contributed by atoms with Gasteiger partial charge in [-0.05, 0) is 57.4 Å². The molecule has 3 N–H and O–H groups in total. The van der Waals surface area contributed by atoms with E-state index >= 15 is 0 Å². The Kier molecular flexibility index (Phi) is 7.71. The van der Waals surface area contributed by atoms with Crippen LogP contribution in [0.2, 0.25) is 0 Å². The van der Waals surface area contributed by atoms with Crippen LogP contribution in [-0.2, 0) is 4.74 Å². The lowest BCUT2D eigenvalue weighted by Gasteiger charge is -2.26. The average Bonchev–Trinajstić information content (AvgIpc) is 3.57. The third-order valence-corrected chi connectivity index (χ3v) is 7.48. The third kappa shape index (κ3) is 6.62. The predicted octanol–water partition coefficient (Wildman–Crippen LogP) is 3.20. The first-order chi connectivity index (χ1) is 17.8. The Morgan fingerprint density at radius 1 is 1.24 bits per heavy atom. The lowest BCUT2D eigenvalue weighted by atomic mass is 10.0. The summed E-state index contributed by atoms with van der Waals surface area (Å²) in [5.41, 5.74) is 4.08. The molecule has 9 nitrogen and oxygen atoms in total. The summed E-state index contributed by atoms with van der Waals surface area (Å²) in [6, 6.07) is 8.20. The molecule has 1 aliphatic carbocycles. The predicted molar refractivity (Wildman–Crippen MR) is 146 cm³/mol. The molecular weight excluding hydrogens is 488 g/mol. The minimum atomic E-state index is -0.868. The zero-order valence-electron chi connectivity index (χ0n) is 21.8. The van der Waals surface area contributed by atoms with Crippen molar-refractivity contribution in [2.45, 2.75) is 50.3 Å². The number of anilines is 1. The number of rotatable bonds is 10. The fourth-order valence-corrected chi connectivity index (χ4v) is 5.23. The molecule has 2 fully saturated rings. The Balaban J connectivity index is 1.41. The standard InChI is InChI=1S/C27H36N6O3S/c1-18-14-19(4-7-21(18)26(34)30-20-5-6-20)23-16-28-25-22(29-17-27(2,3)35)15-24(31-33(23)25)37-13-10-32-8-11-36-12-9-32/h4,7,14-16,20,29,35H,5-6,8-13,17H2,1-3H3,(H,30,34). The zero-order valence-corrected chi connectivity index (χ0v) is 22.6. The highest BCUT2D eigenvalue weighted by molar-refractivity contribution is 7.99. The van der Waals surface area contributed by atoms with Crippen molar-refractivity contribution >= 4 is 29.0 Å². The molecule has 0 bridgehead atoms. The van der Waals surface area contributed by atoms with Crippen LogP contribution in [-0.4, -0.2) is 87.3 Å². The van der Waals surface area contributed by atoms with Crippen molar-refractivity contribution in [3.8, 4) is 11.3 Å². The van der Waals surface area contributed by atoms with Gasteiger partial charge in [-0.2, -0.15) is 5.10 Å². The topological polar surface area (TPSA) is 104 Å². The van der Waals surface area contributed by atoms with Gasteiger partial charge in [0, 0.05) is 49.1 Å². The first-order valence-corrected chi connectivity index (χ1v) is 14.0. The second kappa shape index (κ2) is 11.0. The van der Waals surface area contributed by atoms with Crippen molar-refractivity contribution in [2.24, 2.45) is 0 Å². The third-order valence-electron chi connectivity index (χ3n) is 6.60. The number of benzene rings is 1. The van der Waals surface area contributed by atoms with Gasteiger partial charge in [-0.15, -0.1) is 11.8 Å². The van der Waals surface area contributed by atoms with Gasteiger partial charge in [0.2, 0.25) is 0 Å². The molecule has 198 valence electrons. The van der Waals surface area contributed by atoms with Crippen LogP contribution < -0.4 is 10.6 Å². The molecule has 1 aliphatic heterocycles. The Morgan fingerprint density at radius 3 is 2.73 bits per heavy atom. The van der Waals surface area contributed by atoms with E-state index in [1.54, 1.807) is 25.6 Å². The fraction of sp³-hybridized carbons (Fsp3) is 0.519. The summed E-state index contributed by atoms with van der Waals surface area (Å²) in [5.74, 6) is 0.900. The fourth-order valence-electron chi connectivity index (χ4n) is 4.33. The number of aryl methyl sites for hydroxylation is 1. The van der Waals surface area contributed by atoms with Crippen LogP contribution in [0.15, 0.2) is 35.5 Å². The van der Waals surface area contributed by atoms with Crippen molar-refractivity contribution in [2.75, 3.05) is 50.5 Å². The van der Waals surface area contributed by atoms with E-state index in [1.165, 1.54) is 0 Å². The number of carbonyl (C=O) groups is 1. The minimum Gasteiger partial charge on any atom is -0.389 e. The number of carbonyl (C=O) groups excluding carboxylic acids is 1. The van der Waals surface area contributed by atoms with Crippen molar-refractivity contribution in [1.29, 1.82) is 0 Å². The van der Waals surface area contributed by atoms with Gasteiger partial charge < -0.3 is 20.5 Å². The van der Waals surface area contributed by atoms with Gasteiger partial charge in [-0.3, -0.25) is 9.69 Å². The number of hydrogen-bond acceptors (Lipinski definition) is 8. The second-order valence-corrected chi connectivity index (χ2v) is 11.6. The highest BCUT2D eigenvalue weighted by Crippen LogP contribution is 2.29. The summed E-state index contributed by atoms with van der Waals surface area (Å²) in [4.78, 5) is 19.7. The number of ether oxygens (including phenoxy) is 1. The Hall–Kier alpha value is -2.66. The summed E-state index contributed by atoms with van der Waals surface area (Å²) in [5, 5.41) is 22.5. The van der Waals surface area contributed by atoms with E-state index in [9.17, 15) is 9.90 Å². The zero-order chi connectivity index (χ0) is 26.0. The maximum Gasteiger partial charge on any atom is 0.251 e. The van der Waals surface area contributed by atoms with Crippen LogP contribution in [0.3, 0.4) is 0 Å². The molecule has 1 amide bonds. The summed E-state index contributed by atoms with van der Waals surface area (Å²) >= 11 is 1.71. The maximum atomic E-state index is 12.6. The van der Waals surface area contributed by atoms with Crippen molar-refractivity contribution in [3.63, 3.8) is 0 Å². The number of aromatic nitrogens is 3. The van der Waals surface area contributed by atoms with Gasteiger partial charge in [0.05, 0.1) is 36.4 Å². The van der Waals surface area contributed by atoms with Gasteiger partial charge in [0.15, 0.2) is 5.65 Å². The van der Waals surface area contributed by atoms with E-state index in [2.05, 4.69) is 20.5 Å². The molecule has 0 radical (unpaired) electrons. The number of morpholine rings is 1. The van der Waals surface area contributed by atoms with Gasteiger partial charge in [-0.25, -0.2) is 9.50 Å². The monoisotopic (exact) mass is 524 g/mol. The number of fused-ring (bicyclic) bond motifs is 1. The first kappa shape index (κ1) is 26.0. The van der Waals surface area contributed by atoms with Crippen LogP contribution in [0.5, 0.6) is 0 Å². The number of nitrogens with zero attached hydrogens (tertiary/aromatic N) is 4. The molecule has 3 aromatic rings. The molecule has 1 saturated heterocycles. The highest BCUT2D eigenvalue weighted by atomic mass is 32.2. The SMILES string of the molecule is Cc1cc(-c2cnc3c(NCC(C)(C)O)cc(SCCN4CCOCC4)nn23)ccc1C(=O)NC1CC1. The van der Waals surface area contributed by atoms with Crippen LogP contribution in [0, 0.1) is 6.92 Å².